The van der Waals surface area contributed by atoms with Crippen LogP contribution in [-0.2, 0) is 17.5 Å². The molecule has 1 unspecified atom stereocenters. The van der Waals surface area contributed by atoms with Gasteiger partial charge in [0.25, 0.3) is 5.56 Å². The van der Waals surface area contributed by atoms with Gasteiger partial charge in [0, 0.05) is 24.1 Å². The maximum Gasteiger partial charge on any atom is 0.418 e. The molecular formula is C16H14F3N3O2S. The monoisotopic (exact) mass is 369 g/mol. The number of hydrogen-bond donors (Lipinski definition) is 1. The third kappa shape index (κ3) is 3.55. The van der Waals surface area contributed by atoms with Crippen molar-refractivity contribution >= 4 is 23.4 Å². The Morgan fingerprint density at radius 3 is 2.80 bits per heavy atom. The number of thioether (sulfide) groups is 1. The van der Waals surface area contributed by atoms with Crippen LogP contribution in [0.3, 0.4) is 0 Å². The summed E-state index contributed by atoms with van der Waals surface area (Å²) in [4.78, 5) is 28.7. The van der Waals surface area contributed by atoms with Gasteiger partial charge in [-0.15, -0.1) is 0 Å². The van der Waals surface area contributed by atoms with Gasteiger partial charge in [0.05, 0.1) is 17.2 Å². The Morgan fingerprint density at radius 2 is 2.08 bits per heavy atom. The number of nitrogens with one attached hydrogen (secondary N) is 1. The average Bonchev–Trinajstić information content (AvgIpc) is 2.57. The van der Waals surface area contributed by atoms with E-state index in [1.165, 1.54) is 40.7 Å². The second-order valence-corrected chi connectivity index (χ2v) is 6.67. The zero-order chi connectivity index (χ0) is 18.2. The molecular weight excluding hydrogens is 355 g/mol. The number of hydrogen-bond acceptors (Lipinski definition) is 4. The topological polar surface area (TPSA) is 64.0 Å². The molecule has 132 valence electrons. The quantitative estimate of drug-likeness (QED) is 0.827. The molecule has 1 N–H and O–H groups in total. The fourth-order valence-electron chi connectivity index (χ4n) is 2.53. The van der Waals surface area contributed by atoms with E-state index in [4.69, 9.17) is 0 Å². The maximum atomic E-state index is 13.0. The lowest BCUT2D eigenvalue weighted by Gasteiger charge is -2.25. The number of para-hydroxylation sites is 1. The standard InChI is InChI=1S/C16H14F3N3O2S/c1-9-6-20-15-22(14(9)24)7-10(8-25-15)13(23)21-12-5-3-2-4-11(12)16(17,18)19/h2-6,10H,7-8H2,1H3,(H,21,23). The van der Waals surface area contributed by atoms with Gasteiger partial charge >= 0.3 is 6.18 Å². The van der Waals surface area contributed by atoms with Crippen molar-refractivity contribution in [2.75, 3.05) is 11.1 Å². The molecule has 0 bridgehead atoms. The van der Waals surface area contributed by atoms with Gasteiger partial charge in [0.2, 0.25) is 5.91 Å². The molecule has 1 amide bonds. The predicted molar refractivity (Wildman–Crippen MR) is 87.5 cm³/mol. The van der Waals surface area contributed by atoms with Crippen molar-refractivity contribution in [1.29, 1.82) is 0 Å². The number of amides is 1. The number of benzene rings is 1. The third-order valence-corrected chi connectivity index (χ3v) is 5.01. The lowest BCUT2D eigenvalue weighted by atomic mass is 10.1. The van der Waals surface area contributed by atoms with Crippen LogP contribution in [-0.4, -0.2) is 21.2 Å². The van der Waals surface area contributed by atoms with E-state index in [2.05, 4.69) is 10.3 Å². The largest absolute Gasteiger partial charge is 0.418 e. The number of carbonyl (C=O) groups excluding carboxylic acids is 1. The number of rotatable bonds is 2. The molecule has 0 saturated carbocycles. The normalized spacial score (nSPS) is 17.0. The molecule has 0 radical (unpaired) electrons. The molecule has 5 nitrogen and oxygen atoms in total. The number of nitrogens with zero attached hydrogens (tertiary/aromatic N) is 2. The van der Waals surface area contributed by atoms with Crippen LogP contribution in [0, 0.1) is 12.8 Å². The first-order chi connectivity index (χ1) is 11.8. The number of fused-ring (bicyclic) bond motifs is 1. The highest BCUT2D eigenvalue weighted by Crippen LogP contribution is 2.35. The minimum atomic E-state index is -4.56. The van der Waals surface area contributed by atoms with Crippen LogP contribution >= 0.6 is 11.8 Å². The molecule has 0 spiro atoms. The van der Waals surface area contributed by atoms with Crippen molar-refractivity contribution in [2.24, 2.45) is 5.92 Å². The Bertz CT molecular complexity index is 880. The lowest BCUT2D eigenvalue weighted by Crippen LogP contribution is -2.37. The summed E-state index contributed by atoms with van der Waals surface area (Å²) in [5.41, 5.74) is -0.981. The zero-order valence-corrected chi connectivity index (χ0v) is 13.9. The van der Waals surface area contributed by atoms with Crippen LogP contribution in [0.2, 0.25) is 0 Å². The van der Waals surface area contributed by atoms with Gasteiger partial charge in [0.1, 0.15) is 0 Å². The number of anilines is 1. The van der Waals surface area contributed by atoms with E-state index < -0.39 is 23.6 Å². The van der Waals surface area contributed by atoms with Crippen LogP contribution in [0.5, 0.6) is 0 Å². The van der Waals surface area contributed by atoms with Crippen LogP contribution in [0.25, 0.3) is 0 Å². The summed E-state index contributed by atoms with van der Waals surface area (Å²) in [6.45, 7) is 1.71. The molecule has 2 aromatic rings. The molecule has 0 aliphatic carbocycles. The van der Waals surface area contributed by atoms with Gasteiger partial charge < -0.3 is 5.32 Å². The van der Waals surface area contributed by atoms with Gasteiger partial charge in [-0.25, -0.2) is 4.98 Å². The summed E-state index contributed by atoms with van der Waals surface area (Å²) in [6.07, 6.45) is -3.09. The minimum absolute atomic E-state index is 0.0931. The number of aromatic nitrogens is 2. The average molecular weight is 369 g/mol. The summed E-state index contributed by atoms with van der Waals surface area (Å²) < 4.78 is 40.5. The van der Waals surface area contributed by atoms with E-state index in [0.717, 1.165) is 6.07 Å². The van der Waals surface area contributed by atoms with E-state index in [0.29, 0.717) is 16.5 Å². The highest BCUT2D eigenvalue weighted by molar-refractivity contribution is 7.99. The van der Waals surface area contributed by atoms with Gasteiger partial charge in [-0.2, -0.15) is 13.2 Å². The van der Waals surface area contributed by atoms with Crippen LogP contribution < -0.4 is 10.9 Å². The Balaban J connectivity index is 1.82. The smallest absolute Gasteiger partial charge is 0.325 e. The summed E-state index contributed by atoms with van der Waals surface area (Å²) in [5, 5.41) is 2.85. The SMILES string of the molecule is Cc1cnc2n(c1=O)CC(C(=O)Nc1ccccc1C(F)(F)F)CS2. The van der Waals surface area contributed by atoms with Crippen molar-refractivity contribution in [3.05, 3.63) is 51.9 Å². The van der Waals surface area contributed by atoms with E-state index in [-0.39, 0.29) is 17.8 Å². The minimum Gasteiger partial charge on any atom is -0.325 e. The molecule has 1 aliphatic heterocycles. The third-order valence-electron chi connectivity index (χ3n) is 3.86. The Hall–Kier alpha value is -2.29. The Labute approximate surface area is 145 Å². The van der Waals surface area contributed by atoms with Crippen LogP contribution in [0.15, 0.2) is 40.4 Å². The Morgan fingerprint density at radius 1 is 1.36 bits per heavy atom. The van der Waals surface area contributed by atoms with Gasteiger partial charge in [0.15, 0.2) is 5.16 Å². The molecule has 1 aromatic heterocycles. The highest BCUT2D eigenvalue weighted by Gasteiger charge is 2.34. The van der Waals surface area contributed by atoms with E-state index in [9.17, 15) is 22.8 Å². The lowest BCUT2D eigenvalue weighted by molar-refractivity contribution is -0.137. The molecule has 25 heavy (non-hydrogen) atoms. The van der Waals surface area contributed by atoms with E-state index >= 15 is 0 Å². The number of aryl methyl sites for hydroxylation is 1. The first kappa shape index (κ1) is 17.5. The summed E-state index contributed by atoms with van der Waals surface area (Å²) in [7, 11) is 0. The summed E-state index contributed by atoms with van der Waals surface area (Å²) in [5.74, 6) is -0.835. The molecule has 3 rings (SSSR count). The molecule has 1 aromatic carbocycles. The van der Waals surface area contributed by atoms with Gasteiger partial charge in [-0.05, 0) is 19.1 Å². The first-order valence-electron chi connectivity index (χ1n) is 7.43. The maximum absolute atomic E-state index is 13.0. The first-order valence-corrected chi connectivity index (χ1v) is 8.42. The second-order valence-electron chi connectivity index (χ2n) is 5.68. The van der Waals surface area contributed by atoms with Crippen molar-refractivity contribution in [3.63, 3.8) is 0 Å². The van der Waals surface area contributed by atoms with Crippen LogP contribution in [0.1, 0.15) is 11.1 Å². The number of alkyl halides is 3. The van der Waals surface area contributed by atoms with Crippen molar-refractivity contribution < 1.29 is 18.0 Å². The molecule has 9 heteroatoms. The fraction of sp³-hybridized carbons (Fsp3) is 0.312. The van der Waals surface area contributed by atoms with Crippen LogP contribution in [0.4, 0.5) is 18.9 Å². The molecule has 1 aliphatic rings. The number of halogens is 3. The second kappa shape index (κ2) is 6.55. The van der Waals surface area contributed by atoms with Crippen molar-refractivity contribution in [3.8, 4) is 0 Å². The fourth-order valence-corrected chi connectivity index (χ4v) is 3.58. The van der Waals surface area contributed by atoms with Crippen molar-refractivity contribution in [2.45, 2.75) is 24.8 Å². The summed E-state index contributed by atoms with van der Waals surface area (Å²) in [6, 6.07) is 4.81. The van der Waals surface area contributed by atoms with E-state index in [1.54, 1.807) is 6.92 Å². The van der Waals surface area contributed by atoms with Gasteiger partial charge in [-0.3, -0.25) is 14.2 Å². The Kier molecular flexibility index (Phi) is 4.59. The highest BCUT2D eigenvalue weighted by atomic mass is 32.2. The summed E-state index contributed by atoms with van der Waals surface area (Å²) >= 11 is 1.24. The van der Waals surface area contributed by atoms with Crippen molar-refractivity contribution in [1.82, 2.24) is 9.55 Å². The number of carbonyl (C=O) groups is 1. The zero-order valence-electron chi connectivity index (χ0n) is 13.1. The predicted octanol–water partition coefficient (Wildman–Crippen LogP) is 2.93. The molecule has 0 saturated heterocycles. The molecule has 1 atom stereocenters. The molecule has 2 heterocycles. The van der Waals surface area contributed by atoms with Gasteiger partial charge in [-0.1, -0.05) is 23.9 Å². The van der Waals surface area contributed by atoms with E-state index in [1.807, 2.05) is 0 Å². The molecule has 0 fully saturated rings.